The Kier molecular flexibility index (Phi) is 1.65. The molecular weight excluding hydrogens is 252 g/mol. The van der Waals surface area contributed by atoms with E-state index in [-0.39, 0.29) is 0 Å². The van der Waals surface area contributed by atoms with Gasteiger partial charge in [-0.25, -0.2) is 0 Å². The van der Waals surface area contributed by atoms with Crippen LogP contribution in [0.15, 0.2) is 41.3 Å². The fraction of sp³-hybridized carbons (Fsp3) is 0.133. The molecule has 1 aliphatic rings. The first-order valence-corrected chi connectivity index (χ1v) is 6.52. The highest BCUT2D eigenvalue weighted by molar-refractivity contribution is 6.01. The predicted molar refractivity (Wildman–Crippen MR) is 73.0 cm³/mol. The SMILES string of the molecule is Cn1c2ccncc2c2c1oc1[n+]2Cc2ccncc2-1. The van der Waals surface area contributed by atoms with E-state index in [1.54, 1.807) is 0 Å². The second-order valence-electron chi connectivity index (χ2n) is 5.13. The highest BCUT2D eigenvalue weighted by atomic mass is 16.4. The first kappa shape index (κ1) is 10.1. The number of fused-ring (bicyclic) bond motifs is 7. The van der Waals surface area contributed by atoms with E-state index in [0.29, 0.717) is 0 Å². The van der Waals surface area contributed by atoms with Crippen molar-refractivity contribution in [2.45, 2.75) is 6.54 Å². The molecule has 4 aromatic rings. The maximum atomic E-state index is 6.11. The Balaban J connectivity index is 1.97. The van der Waals surface area contributed by atoms with Crippen LogP contribution in [0.3, 0.4) is 0 Å². The summed E-state index contributed by atoms with van der Waals surface area (Å²) in [7, 11) is 2.02. The topological polar surface area (TPSA) is 47.7 Å². The molecule has 20 heavy (non-hydrogen) atoms. The molecular formula is C15H11N4O+. The van der Waals surface area contributed by atoms with Gasteiger partial charge in [-0.15, -0.1) is 4.57 Å². The third-order valence-electron chi connectivity index (χ3n) is 4.10. The zero-order valence-electron chi connectivity index (χ0n) is 10.9. The maximum absolute atomic E-state index is 6.11. The summed E-state index contributed by atoms with van der Waals surface area (Å²) in [4.78, 5) is 8.45. The zero-order valence-corrected chi connectivity index (χ0v) is 10.9. The Hall–Kier alpha value is -2.69. The standard InChI is InChI=1S/C15H11N4O/c1-18-12-3-5-17-7-11(12)13-15(18)20-14-10-6-16-4-2-9(10)8-19(13)14/h2-7H,8H2,1H3/q+1. The smallest absolute Gasteiger partial charge is 0.380 e. The summed E-state index contributed by atoms with van der Waals surface area (Å²) in [6.07, 6.45) is 7.41. The molecule has 5 nitrogen and oxygen atoms in total. The number of aryl methyl sites for hydroxylation is 1. The van der Waals surface area contributed by atoms with E-state index in [4.69, 9.17) is 4.42 Å². The van der Waals surface area contributed by atoms with Crippen molar-refractivity contribution >= 4 is 22.1 Å². The molecule has 0 saturated carbocycles. The summed E-state index contributed by atoms with van der Waals surface area (Å²) in [5.74, 6) is 0.888. The number of oxazole rings is 1. The Morgan fingerprint density at radius 2 is 2.05 bits per heavy atom. The third kappa shape index (κ3) is 1.02. The normalized spacial score (nSPS) is 13.1. The fourth-order valence-corrected chi connectivity index (χ4v) is 3.15. The molecule has 0 bridgehead atoms. The van der Waals surface area contributed by atoms with Crippen molar-refractivity contribution < 1.29 is 8.98 Å². The molecule has 5 heteroatoms. The van der Waals surface area contributed by atoms with Gasteiger partial charge in [0.2, 0.25) is 0 Å². The lowest BCUT2D eigenvalue weighted by atomic mass is 10.2. The van der Waals surface area contributed by atoms with Gasteiger partial charge in [0.15, 0.2) is 6.54 Å². The van der Waals surface area contributed by atoms with Gasteiger partial charge in [0.05, 0.1) is 10.9 Å². The molecule has 0 amide bonds. The molecule has 0 fully saturated rings. The van der Waals surface area contributed by atoms with Crippen molar-refractivity contribution in [1.29, 1.82) is 0 Å². The molecule has 0 radical (unpaired) electrons. The Bertz CT molecular complexity index is 996. The van der Waals surface area contributed by atoms with Gasteiger partial charge in [-0.2, -0.15) is 0 Å². The van der Waals surface area contributed by atoms with E-state index < -0.39 is 0 Å². The molecule has 5 heterocycles. The molecule has 0 saturated heterocycles. The van der Waals surface area contributed by atoms with Crippen LogP contribution >= 0.6 is 0 Å². The van der Waals surface area contributed by atoms with Crippen LogP contribution in [0.1, 0.15) is 5.56 Å². The fourth-order valence-electron chi connectivity index (χ4n) is 3.15. The highest BCUT2D eigenvalue weighted by Crippen LogP contribution is 2.34. The van der Waals surface area contributed by atoms with Crippen LogP contribution in [0.2, 0.25) is 0 Å². The van der Waals surface area contributed by atoms with Crippen molar-refractivity contribution in [1.82, 2.24) is 14.5 Å². The molecule has 0 aliphatic carbocycles. The van der Waals surface area contributed by atoms with Crippen molar-refractivity contribution in [3.8, 4) is 11.5 Å². The lowest BCUT2D eigenvalue weighted by Gasteiger charge is -1.93. The van der Waals surface area contributed by atoms with E-state index in [1.165, 1.54) is 5.56 Å². The number of hydrogen-bond acceptors (Lipinski definition) is 3. The van der Waals surface area contributed by atoms with Crippen molar-refractivity contribution in [2.24, 2.45) is 7.05 Å². The molecule has 0 N–H and O–H groups in total. The van der Waals surface area contributed by atoms with E-state index >= 15 is 0 Å². The van der Waals surface area contributed by atoms with Gasteiger partial charge in [-0.05, 0) is 12.1 Å². The average Bonchev–Trinajstić information content (AvgIpc) is 3.09. The number of pyridine rings is 2. The maximum Gasteiger partial charge on any atom is 0.385 e. The first-order valence-electron chi connectivity index (χ1n) is 6.52. The minimum absolute atomic E-state index is 0.828. The zero-order chi connectivity index (χ0) is 13.3. The lowest BCUT2D eigenvalue weighted by molar-refractivity contribution is -0.648. The van der Waals surface area contributed by atoms with Crippen LogP contribution in [0, 0.1) is 0 Å². The van der Waals surface area contributed by atoms with E-state index in [9.17, 15) is 0 Å². The summed E-state index contributed by atoms with van der Waals surface area (Å²) in [5.41, 5.74) is 5.47. The van der Waals surface area contributed by atoms with Crippen LogP contribution in [0.25, 0.3) is 33.6 Å². The van der Waals surface area contributed by atoms with Crippen LogP contribution < -0.4 is 4.57 Å². The molecule has 4 aromatic heterocycles. The van der Waals surface area contributed by atoms with Gasteiger partial charge >= 0.3 is 5.89 Å². The summed E-state index contributed by atoms with van der Waals surface area (Å²) in [6, 6.07) is 4.06. The second-order valence-corrected chi connectivity index (χ2v) is 5.13. The van der Waals surface area contributed by atoms with Crippen LogP contribution in [0.5, 0.6) is 0 Å². The molecule has 0 aromatic carbocycles. The minimum atomic E-state index is 0.828. The van der Waals surface area contributed by atoms with Gasteiger partial charge in [0, 0.05) is 37.4 Å². The molecule has 0 spiro atoms. The predicted octanol–water partition coefficient (Wildman–Crippen LogP) is 2.03. The Morgan fingerprint density at radius 3 is 3.00 bits per heavy atom. The lowest BCUT2D eigenvalue weighted by Crippen LogP contribution is -2.30. The first-order chi connectivity index (χ1) is 9.84. The quantitative estimate of drug-likeness (QED) is 0.402. The third-order valence-corrected chi connectivity index (χ3v) is 4.10. The van der Waals surface area contributed by atoms with Gasteiger partial charge in [-0.3, -0.25) is 9.97 Å². The van der Waals surface area contributed by atoms with Crippen LogP contribution in [-0.2, 0) is 13.6 Å². The second kappa shape index (κ2) is 3.25. The number of aromatic nitrogens is 4. The van der Waals surface area contributed by atoms with Crippen molar-refractivity contribution in [3.63, 3.8) is 0 Å². The Labute approximate surface area is 114 Å². The van der Waals surface area contributed by atoms with Gasteiger partial charge < -0.3 is 8.98 Å². The summed E-state index contributed by atoms with van der Waals surface area (Å²) >= 11 is 0. The largest absolute Gasteiger partial charge is 0.385 e. The minimum Gasteiger partial charge on any atom is -0.380 e. The molecule has 1 aliphatic heterocycles. The Morgan fingerprint density at radius 1 is 1.20 bits per heavy atom. The van der Waals surface area contributed by atoms with Gasteiger partial charge in [-0.1, -0.05) is 0 Å². The number of nitrogens with zero attached hydrogens (tertiary/aromatic N) is 4. The summed E-state index contributed by atoms with van der Waals surface area (Å²) in [6.45, 7) is 0.828. The van der Waals surface area contributed by atoms with Crippen molar-refractivity contribution in [2.75, 3.05) is 0 Å². The molecule has 0 atom stereocenters. The molecule has 0 unspecified atom stereocenters. The van der Waals surface area contributed by atoms with Crippen molar-refractivity contribution in [3.05, 3.63) is 42.5 Å². The van der Waals surface area contributed by atoms with E-state index in [2.05, 4.69) is 19.1 Å². The average molecular weight is 263 g/mol. The molecule has 5 rings (SSSR count). The number of rotatable bonds is 0. The van der Waals surface area contributed by atoms with Crippen LogP contribution in [0.4, 0.5) is 0 Å². The van der Waals surface area contributed by atoms with E-state index in [0.717, 1.165) is 40.1 Å². The highest BCUT2D eigenvalue weighted by Gasteiger charge is 2.36. The van der Waals surface area contributed by atoms with Gasteiger partial charge in [0.25, 0.3) is 11.2 Å². The van der Waals surface area contributed by atoms with Gasteiger partial charge in [0.1, 0.15) is 5.56 Å². The van der Waals surface area contributed by atoms with E-state index in [1.807, 2.05) is 44.0 Å². The van der Waals surface area contributed by atoms with Crippen LogP contribution in [-0.4, -0.2) is 14.5 Å². The summed E-state index contributed by atoms with van der Waals surface area (Å²) in [5, 5.41) is 1.13. The summed E-state index contributed by atoms with van der Waals surface area (Å²) < 4.78 is 10.4. The monoisotopic (exact) mass is 263 g/mol. The number of hydrogen-bond donors (Lipinski definition) is 0. The molecule has 96 valence electrons.